The Morgan fingerprint density at radius 1 is 1.14 bits per heavy atom. The molecule has 1 aromatic carbocycles. The minimum absolute atomic E-state index is 0.273. The van der Waals surface area contributed by atoms with E-state index in [9.17, 15) is 4.79 Å². The second kappa shape index (κ2) is 3.58. The topological polar surface area (TPSA) is 17.1 Å². The van der Waals surface area contributed by atoms with Gasteiger partial charge in [-0.25, -0.2) is 0 Å². The monoisotopic (exact) mass is 206 g/mol. The number of carbonyl (C=O) groups excluding carboxylic acids is 1. The SMILES string of the molecule is CC1=C(c2ccc(Cl)cc2)CCC1=O. The smallest absolute Gasteiger partial charge is 0.159 e. The van der Waals surface area contributed by atoms with Gasteiger partial charge in [-0.1, -0.05) is 23.7 Å². The molecule has 0 saturated carbocycles. The van der Waals surface area contributed by atoms with Crippen molar-refractivity contribution >= 4 is 23.0 Å². The van der Waals surface area contributed by atoms with Gasteiger partial charge in [0, 0.05) is 11.4 Å². The molecule has 0 radical (unpaired) electrons. The zero-order valence-electron chi connectivity index (χ0n) is 8.01. The number of ketones is 1. The Bertz CT molecular complexity index is 401. The van der Waals surface area contributed by atoms with Gasteiger partial charge in [-0.05, 0) is 42.2 Å². The van der Waals surface area contributed by atoms with Crippen LogP contribution in [0.15, 0.2) is 29.8 Å². The molecule has 0 aliphatic heterocycles. The quantitative estimate of drug-likeness (QED) is 0.688. The summed E-state index contributed by atoms with van der Waals surface area (Å²) < 4.78 is 0. The standard InChI is InChI=1S/C12H11ClO/c1-8-11(6-7-12(8)14)9-2-4-10(13)5-3-9/h2-5H,6-7H2,1H3. The van der Waals surface area contributed by atoms with E-state index in [1.165, 1.54) is 5.57 Å². The van der Waals surface area contributed by atoms with Gasteiger partial charge < -0.3 is 0 Å². The van der Waals surface area contributed by atoms with Crippen molar-refractivity contribution in [1.82, 2.24) is 0 Å². The molecule has 0 aromatic heterocycles. The molecule has 1 aromatic rings. The highest BCUT2D eigenvalue weighted by Crippen LogP contribution is 2.31. The number of rotatable bonds is 1. The van der Waals surface area contributed by atoms with Crippen LogP contribution in [0, 0.1) is 0 Å². The molecular weight excluding hydrogens is 196 g/mol. The van der Waals surface area contributed by atoms with Crippen LogP contribution in [0.1, 0.15) is 25.3 Å². The first kappa shape index (κ1) is 9.47. The van der Waals surface area contributed by atoms with E-state index in [-0.39, 0.29) is 5.78 Å². The maximum Gasteiger partial charge on any atom is 0.159 e. The van der Waals surface area contributed by atoms with Crippen LogP contribution < -0.4 is 0 Å². The van der Waals surface area contributed by atoms with Crippen molar-refractivity contribution in [3.63, 3.8) is 0 Å². The fourth-order valence-electron chi connectivity index (χ4n) is 1.79. The maximum atomic E-state index is 11.3. The second-order valence-electron chi connectivity index (χ2n) is 3.53. The molecule has 1 aliphatic carbocycles. The molecule has 14 heavy (non-hydrogen) atoms. The lowest BCUT2D eigenvalue weighted by atomic mass is 10.0. The number of hydrogen-bond acceptors (Lipinski definition) is 1. The Morgan fingerprint density at radius 2 is 1.79 bits per heavy atom. The van der Waals surface area contributed by atoms with E-state index in [0.29, 0.717) is 6.42 Å². The fraction of sp³-hybridized carbons (Fsp3) is 0.250. The molecule has 0 bridgehead atoms. The molecule has 0 N–H and O–H groups in total. The molecule has 1 nitrogen and oxygen atoms in total. The van der Waals surface area contributed by atoms with Crippen molar-refractivity contribution in [2.75, 3.05) is 0 Å². The predicted octanol–water partition coefficient (Wildman–Crippen LogP) is 3.48. The van der Waals surface area contributed by atoms with Gasteiger partial charge in [0.1, 0.15) is 0 Å². The average molecular weight is 207 g/mol. The Morgan fingerprint density at radius 3 is 2.29 bits per heavy atom. The zero-order valence-corrected chi connectivity index (χ0v) is 8.77. The lowest BCUT2D eigenvalue weighted by Crippen LogP contribution is -1.90. The Kier molecular flexibility index (Phi) is 2.42. The van der Waals surface area contributed by atoms with Crippen molar-refractivity contribution in [3.05, 3.63) is 40.4 Å². The summed E-state index contributed by atoms with van der Waals surface area (Å²) >= 11 is 5.80. The highest BCUT2D eigenvalue weighted by atomic mass is 35.5. The summed E-state index contributed by atoms with van der Waals surface area (Å²) in [6.07, 6.45) is 1.52. The van der Waals surface area contributed by atoms with E-state index in [0.717, 1.165) is 22.6 Å². The van der Waals surface area contributed by atoms with Crippen LogP contribution in [0.25, 0.3) is 5.57 Å². The Labute approximate surface area is 88.4 Å². The third kappa shape index (κ3) is 1.60. The first-order valence-electron chi connectivity index (χ1n) is 4.67. The lowest BCUT2D eigenvalue weighted by molar-refractivity contribution is -0.114. The van der Waals surface area contributed by atoms with Gasteiger partial charge >= 0.3 is 0 Å². The van der Waals surface area contributed by atoms with Gasteiger partial charge in [0.2, 0.25) is 0 Å². The van der Waals surface area contributed by atoms with Crippen LogP contribution in [0.2, 0.25) is 5.02 Å². The van der Waals surface area contributed by atoms with E-state index >= 15 is 0 Å². The Hall–Kier alpha value is -1.08. The Balaban J connectivity index is 2.41. The molecule has 0 spiro atoms. The van der Waals surface area contributed by atoms with Gasteiger partial charge in [0.05, 0.1) is 0 Å². The zero-order chi connectivity index (χ0) is 10.1. The number of hydrogen-bond donors (Lipinski definition) is 0. The third-order valence-electron chi connectivity index (χ3n) is 2.67. The lowest BCUT2D eigenvalue weighted by Gasteiger charge is -2.02. The van der Waals surface area contributed by atoms with Crippen molar-refractivity contribution in [2.45, 2.75) is 19.8 Å². The molecule has 0 amide bonds. The summed E-state index contributed by atoms with van der Waals surface area (Å²) in [6, 6.07) is 7.67. The number of halogens is 1. The first-order chi connectivity index (χ1) is 6.68. The molecular formula is C12H11ClO. The maximum absolute atomic E-state index is 11.3. The van der Waals surface area contributed by atoms with E-state index < -0.39 is 0 Å². The number of benzene rings is 1. The average Bonchev–Trinajstić information content (AvgIpc) is 2.50. The first-order valence-corrected chi connectivity index (χ1v) is 5.05. The molecule has 0 fully saturated rings. The summed E-state index contributed by atoms with van der Waals surface area (Å²) in [7, 11) is 0. The molecule has 2 heteroatoms. The molecule has 0 saturated heterocycles. The van der Waals surface area contributed by atoms with Crippen molar-refractivity contribution in [3.8, 4) is 0 Å². The predicted molar refractivity (Wildman–Crippen MR) is 58.3 cm³/mol. The highest BCUT2D eigenvalue weighted by Gasteiger charge is 2.19. The van der Waals surface area contributed by atoms with E-state index in [1.54, 1.807) is 0 Å². The van der Waals surface area contributed by atoms with Gasteiger partial charge in [-0.2, -0.15) is 0 Å². The van der Waals surface area contributed by atoms with Gasteiger partial charge in [-0.15, -0.1) is 0 Å². The molecule has 0 heterocycles. The molecule has 72 valence electrons. The normalized spacial score (nSPS) is 16.6. The molecule has 0 unspecified atom stereocenters. The van der Waals surface area contributed by atoms with E-state index in [1.807, 2.05) is 31.2 Å². The van der Waals surface area contributed by atoms with Crippen molar-refractivity contribution < 1.29 is 4.79 Å². The van der Waals surface area contributed by atoms with Gasteiger partial charge in [0.15, 0.2) is 5.78 Å². The molecule has 0 atom stereocenters. The van der Waals surface area contributed by atoms with Crippen LogP contribution >= 0.6 is 11.6 Å². The summed E-state index contributed by atoms with van der Waals surface area (Å²) in [5.41, 5.74) is 3.21. The summed E-state index contributed by atoms with van der Waals surface area (Å²) in [6.45, 7) is 1.90. The van der Waals surface area contributed by atoms with Crippen molar-refractivity contribution in [2.24, 2.45) is 0 Å². The summed E-state index contributed by atoms with van der Waals surface area (Å²) in [4.78, 5) is 11.3. The number of carbonyl (C=O) groups is 1. The van der Waals surface area contributed by atoms with E-state index in [2.05, 4.69) is 0 Å². The molecule has 1 aliphatic rings. The minimum Gasteiger partial charge on any atom is -0.295 e. The minimum atomic E-state index is 0.273. The largest absolute Gasteiger partial charge is 0.295 e. The van der Waals surface area contributed by atoms with Crippen LogP contribution in [-0.4, -0.2) is 5.78 Å². The number of Topliss-reactive ketones (excluding diaryl/α,β-unsaturated/α-hetero) is 1. The fourth-order valence-corrected chi connectivity index (χ4v) is 1.92. The van der Waals surface area contributed by atoms with Crippen LogP contribution in [-0.2, 0) is 4.79 Å². The summed E-state index contributed by atoms with van der Waals surface area (Å²) in [5.74, 6) is 0.273. The van der Waals surface area contributed by atoms with E-state index in [4.69, 9.17) is 11.6 Å². The molecule has 2 rings (SSSR count). The van der Waals surface area contributed by atoms with Crippen LogP contribution in [0.3, 0.4) is 0 Å². The van der Waals surface area contributed by atoms with Crippen LogP contribution in [0.5, 0.6) is 0 Å². The van der Waals surface area contributed by atoms with Gasteiger partial charge in [0.25, 0.3) is 0 Å². The number of allylic oxidation sites excluding steroid dienone is 2. The second-order valence-corrected chi connectivity index (χ2v) is 3.97. The third-order valence-corrected chi connectivity index (χ3v) is 2.92. The van der Waals surface area contributed by atoms with Gasteiger partial charge in [-0.3, -0.25) is 4.79 Å². The highest BCUT2D eigenvalue weighted by molar-refractivity contribution is 6.30. The summed E-state index contributed by atoms with van der Waals surface area (Å²) in [5, 5.41) is 0.733. The van der Waals surface area contributed by atoms with Crippen molar-refractivity contribution in [1.29, 1.82) is 0 Å². The van der Waals surface area contributed by atoms with Crippen LogP contribution in [0.4, 0.5) is 0 Å².